The number of carbonyl (C=O) groups excluding carboxylic acids is 1. The summed E-state index contributed by atoms with van der Waals surface area (Å²) in [4.78, 5) is 28.9. The van der Waals surface area contributed by atoms with Crippen LogP contribution in [0.4, 0.5) is 0 Å². The number of benzene rings is 1. The number of pyridine rings is 1. The van der Waals surface area contributed by atoms with Crippen LogP contribution in [0.3, 0.4) is 0 Å². The van der Waals surface area contributed by atoms with E-state index in [4.69, 9.17) is 4.74 Å². The Morgan fingerprint density at radius 1 is 1.19 bits per heavy atom. The summed E-state index contributed by atoms with van der Waals surface area (Å²) in [6.07, 6.45) is 3.49. The molecule has 0 aliphatic heterocycles. The third kappa shape index (κ3) is 2.93. The lowest BCUT2D eigenvalue weighted by Gasteiger charge is -2.08. The smallest absolute Gasteiger partial charge is 0.338 e. The molecule has 0 saturated carbocycles. The van der Waals surface area contributed by atoms with Crippen LogP contribution in [-0.4, -0.2) is 48.2 Å². The molecule has 0 aliphatic rings. The van der Waals surface area contributed by atoms with Gasteiger partial charge in [-0.15, -0.1) is 15.3 Å². The van der Waals surface area contributed by atoms with Crippen molar-refractivity contribution >= 4 is 34.5 Å². The van der Waals surface area contributed by atoms with E-state index in [1.54, 1.807) is 43.5 Å². The number of hydrogen-bond donors (Lipinski definition) is 0. The van der Waals surface area contributed by atoms with Gasteiger partial charge in [0, 0.05) is 11.9 Å². The van der Waals surface area contributed by atoms with Crippen LogP contribution in [0, 0.1) is 0 Å². The number of rotatable bonds is 4. The molecule has 4 rings (SSSR count). The van der Waals surface area contributed by atoms with Crippen LogP contribution in [0.1, 0.15) is 17.3 Å². The molecule has 3 aromatic heterocycles. The Bertz CT molecular complexity index is 1220. The van der Waals surface area contributed by atoms with E-state index in [0.29, 0.717) is 34.3 Å². The Kier molecular flexibility index (Phi) is 4.32. The summed E-state index contributed by atoms with van der Waals surface area (Å²) >= 11 is 1.38. The molecule has 0 unspecified atom stereocenters. The van der Waals surface area contributed by atoms with Crippen LogP contribution in [0.25, 0.3) is 22.5 Å². The highest BCUT2D eigenvalue weighted by molar-refractivity contribution is 7.98. The minimum atomic E-state index is -0.404. The molecular formula is C17H14N6O3S. The summed E-state index contributed by atoms with van der Waals surface area (Å²) in [6, 6.07) is 8.30. The SMILES string of the molecule is CCOC(=O)c1ccc(-n2ccc3c(nnc4nc(SC)nn43)c2=O)cc1. The van der Waals surface area contributed by atoms with E-state index in [0.717, 1.165) is 0 Å². The minimum Gasteiger partial charge on any atom is -0.462 e. The maximum absolute atomic E-state index is 12.9. The van der Waals surface area contributed by atoms with Crippen molar-refractivity contribution in [2.24, 2.45) is 0 Å². The lowest BCUT2D eigenvalue weighted by atomic mass is 10.2. The zero-order valence-corrected chi connectivity index (χ0v) is 15.3. The first-order valence-electron chi connectivity index (χ1n) is 8.08. The summed E-state index contributed by atoms with van der Waals surface area (Å²) in [7, 11) is 0. The van der Waals surface area contributed by atoms with E-state index >= 15 is 0 Å². The number of nitrogens with zero attached hydrogens (tertiary/aromatic N) is 6. The van der Waals surface area contributed by atoms with Crippen LogP contribution >= 0.6 is 11.8 Å². The molecule has 0 atom stereocenters. The number of aromatic nitrogens is 6. The average Bonchev–Trinajstić information content (AvgIpc) is 3.12. The van der Waals surface area contributed by atoms with Crippen LogP contribution in [-0.2, 0) is 4.74 Å². The summed E-state index contributed by atoms with van der Waals surface area (Å²) in [6.45, 7) is 2.05. The van der Waals surface area contributed by atoms with Crippen molar-refractivity contribution in [1.29, 1.82) is 0 Å². The molecule has 0 saturated heterocycles. The Morgan fingerprint density at radius 2 is 1.96 bits per heavy atom. The predicted molar refractivity (Wildman–Crippen MR) is 99.4 cm³/mol. The monoisotopic (exact) mass is 382 g/mol. The van der Waals surface area contributed by atoms with E-state index in [1.165, 1.54) is 20.8 Å². The number of esters is 1. The molecule has 0 amide bonds. The lowest BCUT2D eigenvalue weighted by molar-refractivity contribution is 0.0526. The Balaban J connectivity index is 1.81. The second-order valence-electron chi connectivity index (χ2n) is 5.50. The molecule has 1 aromatic carbocycles. The zero-order chi connectivity index (χ0) is 19.0. The van der Waals surface area contributed by atoms with E-state index in [9.17, 15) is 9.59 Å². The van der Waals surface area contributed by atoms with Crippen LogP contribution in [0.2, 0.25) is 0 Å². The molecule has 0 spiro atoms. The van der Waals surface area contributed by atoms with Crippen molar-refractivity contribution in [3.63, 3.8) is 0 Å². The van der Waals surface area contributed by atoms with Crippen molar-refractivity contribution in [3.05, 3.63) is 52.4 Å². The maximum Gasteiger partial charge on any atom is 0.338 e. The molecule has 0 fully saturated rings. The zero-order valence-electron chi connectivity index (χ0n) is 14.5. The second kappa shape index (κ2) is 6.80. The van der Waals surface area contributed by atoms with Crippen LogP contribution < -0.4 is 5.56 Å². The van der Waals surface area contributed by atoms with Gasteiger partial charge >= 0.3 is 5.97 Å². The van der Waals surface area contributed by atoms with Crippen molar-refractivity contribution in [2.75, 3.05) is 12.9 Å². The molecule has 9 nitrogen and oxygen atoms in total. The Morgan fingerprint density at radius 3 is 2.67 bits per heavy atom. The molecule has 10 heteroatoms. The van der Waals surface area contributed by atoms with E-state index in [1.807, 2.05) is 6.26 Å². The fraction of sp³-hybridized carbons (Fsp3) is 0.176. The molecule has 0 bridgehead atoms. The Hall–Kier alpha value is -3.27. The molecule has 3 heterocycles. The molecule has 4 aromatic rings. The minimum absolute atomic E-state index is 0.178. The van der Waals surface area contributed by atoms with Gasteiger partial charge in [0.15, 0.2) is 5.52 Å². The van der Waals surface area contributed by atoms with Gasteiger partial charge in [-0.05, 0) is 43.5 Å². The first-order valence-corrected chi connectivity index (χ1v) is 9.31. The van der Waals surface area contributed by atoms with Gasteiger partial charge in [0.25, 0.3) is 11.3 Å². The number of thioether (sulfide) groups is 1. The van der Waals surface area contributed by atoms with E-state index in [2.05, 4.69) is 20.3 Å². The lowest BCUT2D eigenvalue weighted by Crippen LogP contribution is -2.20. The largest absolute Gasteiger partial charge is 0.462 e. The Labute approximate surface area is 157 Å². The fourth-order valence-electron chi connectivity index (χ4n) is 2.65. The normalized spacial score (nSPS) is 11.2. The van der Waals surface area contributed by atoms with E-state index in [-0.39, 0.29) is 11.1 Å². The van der Waals surface area contributed by atoms with E-state index < -0.39 is 5.97 Å². The maximum atomic E-state index is 12.9. The first-order chi connectivity index (χ1) is 13.1. The summed E-state index contributed by atoms with van der Waals surface area (Å²) in [5.41, 5.74) is 1.38. The summed E-state index contributed by atoms with van der Waals surface area (Å²) < 4.78 is 7.90. The van der Waals surface area contributed by atoms with Gasteiger partial charge in [0.2, 0.25) is 5.16 Å². The molecule has 27 heavy (non-hydrogen) atoms. The molecular weight excluding hydrogens is 368 g/mol. The molecule has 136 valence electrons. The molecule has 0 radical (unpaired) electrons. The van der Waals surface area contributed by atoms with Gasteiger partial charge in [-0.2, -0.15) is 9.50 Å². The number of fused-ring (bicyclic) bond motifs is 3. The van der Waals surface area contributed by atoms with Crippen molar-refractivity contribution in [3.8, 4) is 5.69 Å². The van der Waals surface area contributed by atoms with Gasteiger partial charge in [-0.1, -0.05) is 11.8 Å². The first kappa shape index (κ1) is 17.2. The average molecular weight is 382 g/mol. The molecule has 0 N–H and O–H groups in total. The quantitative estimate of drug-likeness (QED) is 0.388. The van der Waals surface area contributed by atoms with Gasteiger partial charge in [0.05, 0.1) is 12.2 Å². The number of carbonyl (C=O) groups is 1. The highest BCUT2D eigenvalue weighted by atomic mass is 32.2. The third-order valence-corrected chi connectivity index (χ3v) is 4.46. The number of hydrogen-bond acceptors (Lipinski definition) is 8. The topological polar surface area (TPSA) is 104 Å². The standard InChI is InChI=1S/C17H14N6O3S/c1-3-26-15(25)10-4-6-11(7-5-10)22-9-8-12-13(14(22)24)19-20-16-18-17(27-2)21-23(12)16/h4-9H,3H2,1-2H3. The van der Waals surface area contributed by atoms with Crippen molar-refractivity contribution in [1.82, 2.24) is 29.4 Å². The second-order valence-corrected chi connectivity index (χ2v) is 6.28. The predicted octanol–water partition coefficient (Wildman–Crippen LogP) is 1.72. The summed E-state index contributed by atoms with van der Waals surface area (Å²) in [5.74, 6) is -0.0678. The van der Waals surface area contributed by atoms with Gasteiger partial charge in [0.1, 0.15) is 5.52 Å². The van der Waals surface area contributed by atoms with Gasteiger partial charge in [-0.25, -0.2) is 4.79 Å². The third-order valence-electron chi connectivity index (χ3n) is 3.92. The van der Waals surface area contributed by atoms with Crippen molar-refractivity contribution in [2.45, 2.75) is 12.1 Å². The van der Waals surface area contributed by atoms with Crippen molar-refractivity contribution < 1.29 is 9.53 Å². The number of ether oxygens (including phenoxy) is 1. The molecule has 0 aliphatic carbocycles. The van der Waals surface area contributed by atoms with Crippen LogP contribution in [0.15, 0.2) is 46.5 Å². The highest BCUT2D eigenvalue weighted by Crippen LogP contribution is 2.15. The van der Waals surface area contributed by atoms with Crippen LogP contribution in [0.5, 0.6) is 0 Å². The van der Waals surface area contributed by atoms with Gasteiger partial charge in [-0.3, -0.25) is 9.36 Å². The fourth-order valence-corrected chi connectivity index (χ4v) is 2.99. The highest BCUT2D eigenvalue weighted by Gasteiger charge is 2.13. The van der Waals surface area contributed by atoms with Gasteiger partial charge < -0.3 is 4.74 Å². The summed E-state index contributed by atoms with van der Waals surface area (Å²) in [5, 5.41) is 12.9.